The summed E-state index contributed by atoms with van der Waals surface area (Å²) in [6.07, 6.45) is -0.592. The van der Waals surface area contributed by atoms with E-state index >= 15 is 0 Å². The maximum absolute atomic E-state index is 14.1. The number of halogens is 1. The predicted molar refractivity (Wildman–Crippen MR) is 96.8 cm³/mol. The van der Waals surface area contributed by atoms with Gasteiger partial charge in [0.05, 0.1) is 10.5 Å². The maximum Gasteiger partial charge on any atom is 0.341 e. The zero-order valence-corrected chi connectivity index (χ0v) is 15.8. The van der Waals surface area contributed by atoms with Crippen LogP contribution in [0.2, 0.25) is 0 Å². The van der Waals surface area contributed by atoms with Crippen LogP contribution in [0, 0.1) is 5.82 Å². The second-order valence-corrected chi connectivity index (χ2v) is 7.63. The Hall–Kier alpha value is -2.25. The van der Waals surface area contributed by atoms with Crippen LogP contribution in [0.25, 0.3) is 0 Å². The Morgan fingerprint density at radius 1 is 1.12 bits per heavy atom. The van der Waals surface area contributed by atoms with Crippen molar-refractivity contribution in [1.29, 1.82) is 0 Å². The summed E-state index contributed by atoms with van der Waals surface area (Å²) in [5.41, 5.74) is 0.356. The normalized spacial score (nSPS) is 12.8. The molecule has 0 saturated carbocycles. The molecule has 2 aromatic rings. The third-order valence-electron chi connectivity index (χ3n) is 4.05. The summed E-state index contributed by atoms with van der Waals surface area (Å²) < 4.78 is 45.8. The van der Waals surface area contributed by atoms with Gasteiger partial charge in [0.15, 0.2) is 0 Å². The molecule has 0 saturated heterocycles. The molecule has 0 aliphatic rings. The molecule has 5 nitrogen and oxygen atoms in total. The molecular weight excluding hydrogens is 357 g/mol. The lowest BCUT2D eigenvalue weighted by atomic mass is 10.1. The van der Waals surface area contributed by atoms with Gasteiger partial charge in [-0.05, 0) is 30.7 Å². The highest BCUT2D eigenvalue weighted by Gasteiger charge is 2.25. The second kappa shape index (κ2) is 8.42. The Balaban J connectivity index is 2.31. The highest BCUT2D eigenvalue weighted by Crippen LogP contribution is 2.23. The molecule has 26 heavy (non-hydrogen) atoms. The molecule has 140 valence electrons. The summed E-state index contributed by atoms with van der Waals surface area (Å²) in [7, 11) is -3.80. The Bertz CT molecular complexity index is 864. The fraction of sp³-hybridized carbons (Fsp3) is 0.316. The van der Waals surface area contributed by atoms with Gasteiger partial charge < -0.3 is 4.74 Å². The Morgan fingerprint density at radius 3 is 2.31 bits per heavy atom. The standard InChI is InChI=1S/C19H22FNO4S/c1-4-21(5-2)26(23,24)16-11-12-18(20)17(13-16)19(22)25-14(3)15-9-7-6-8-10-15/h6-14H,4-5H2,1-3H3/t14-/m1/s1. The van der Waals surface area contributed by atoms with Crippen LogP contribution in [0.5, 0.6) is 0 Å². The van der Waals surface area contributed by atoms with E-state index in [1.807, 2.05) is 6.07 Å². The number of hydrogen-bond donors (Lipinski definition) is 0. The van der Waals surface area contributed by atoms with Gasteiger partial charge in [-0.25, -0.2) is 17.6 Å². The van der Waals surface area contributed by atoms with Crippen molar-refractivity contribution in [2.75, 3.05) is 13.1 Å². The lowest BCUT2D eigenvalue weighted by molar-refractivity contribution is 0.0332. The molecule has 0 N–H and O–H groups in total. The second-order valence-electron chi connectivity index (χ2n) is 5.69. The number of esters is 1. The highest BCUT2D eigenvalue weighted by molar-refractivity contribution is 7.89. The van der Waals surface area contributed by atoms with Crippen LogP contribution >= 0.6 is 0 Å². The van der Waals surface area contributed by atoms with E-state index in [4.69, 9.17) is 4.74 Å². The molecule has 0 aliphatic carbocycles. The van der Waals surface area contributed by atoms with E-state index in [0.29, 0.717) is 0 Å². The van der Waals surface area contributed by atoms with Crippen molar-refractivity contribution in [2.24, 2.45) is 0 Å². The van der Waals surface area contributed by atoms with Gasteiger partial charge in [0.1, 0.15) is 11.9 Å². The van der Waals surface area contributed by atoms with Crippen LogP contribution in [0.1, 0.15) is 42.8 Å². The van der Waals surface area contributed by atoms with E-state index in [-0.39, 0.29) is 18.0 Å². The first-order chi connectivity index (χ1) is 12.3. The molecule has 0 aromatic heterocycles. The minimum absolute atomic E-state index is 0.137. The number of hydrogen-bond acceptors (Lipinski definition) is 4. The molecule has 0 aliphatic heterocycles. The smallest absolute Gasteiger partial charge is 0.341 e. The van der Waals surface area contributed by atoms with Gasteiger partial charge >= 0.3 is 5.97 Å². The molecule has 7 heteroatoms. The summed E-state index contributed by atoms with van der Waals surface area (Å²) >= 11 is 0. The van der Waals surface area contributed by atoms with E-state index in [1.54, 1.807) is 45.0 Å². The van der Waals surface area contributed by atoms with Crippen molar-refractivity contribution in [1.82, 2.24) is 4.31 Å². The zero-order chi connectivity index (χ0) is 19.3. The number of rotatable bonds is 7. The fourth-order valence-electron chi connectivity index (χ4n) is 2.55. The number of benzene rings is 2. The first kappa shape index (κ1) is 20.1. The number of carbonyl (C=O) groups excluding carboxylic acids is 1. The summed E-state index contributed by atoms with van der Waals surface area (Å²) in [5.74, 6) is -1.73. The van der Waals surface area contributed by atoms with Gasteiger partial charge in [-0.3, -0.25) is 0 Å². The maximum atomic E-state index is 14.1. The number of carbonyl (C=O) groups is 1. The summed E-state index contributed by atoms with van der Waals surface area (Å²) in [6.45, 7) is 5.65. The molecule has 0 radical (unpaired) electrons. The van der Waals surface area contributed by atoms with E-state index < -0.39 is 33.5 Å². The van der Waals surface area contributed by atoms with Gasteiger partial charge in [0.2, 0.25) is 10.0 Å². The summed E-state index contributed by atoms with van der Waals surface area (Å²) in [5, 5.41) is 0. The third kappa shape index (κ3) is 4.28. The monoisotopic (exact) mass is 379 g/mol. The van der Waals surface area contributed by atoms with Crippen LogP contribution in [-0.2, 0) is 14.8 Å². The van der Waals surface area contributed by atoms with Crippen molar-refractivity contribution < 1.29 is 22.3 Å². The van der Waals surface area contributed by atoms with Gasteiger partial charge in [0, 0.05) is 13.1 Å². The quantitative estimate of drug-likeness (QED) is 0.687. The van der Waals surface area contributed by atoms with Crippen molar-refractivity contribution in [3.8, 4) is 0 Å². The van der Waals surface area contributed by atoms with Gasteiger partial charge in [-0.2, -0.15) is 4.31 Å². The molecule has 0 amide bonds. The molecule has 0 unspecified atom stereocenters. The Morgan fingerprint density at radius 2 is 1.73 bits per heavy atom. The lowest BCUT2D eigenvalue weighted by Crippen LogP contribution is -2.30. The van der Waals surface area contributed by atoms with Crippen LogP contribution in [0.4, 0.5) is 4.39 Å². The van der Waals surface area contributed by atoms with E-state index in [1.165, 1.54) is 4.31 Å². The first-order valence-corrected chi connectivity index (χ1v) is 9.80. The van der Waals surface area contributed by atoms with Crippen molar-refractivity contribution in [3.63, 3.8) is 0 Å². The largest absolute Gasteiger partial charge is 0.454 e. The minimum atomic E-state index is -3.80. The van der Waals surface area contributed by atoms with Gasteiger partial charge in [0.25, 0.3) is 0 Å². The van der Waals surface area contributed by atoms with Crippen molar-refractivity contribution in [3.05, 3.63) is 65.5 Å². The zero-order valence-electron chi connectivity index (χ0n) is 15.0. The van der Waals surface area contributed by atoms with E-state index in [0.717, 1.165) is 23.8 Å². The number of ether oxygens (including phenoxy) is 1. The SMILES string of the molecule is CCN(CC)S(=O)(=O)c1ccc(F)c(C(=O)O[C@H](C)c2ccccc2)c1. The summed E-state index contributed by atoms with van der Waals surface area (Å²) in [4.78, 5) is 12.2. The molecular formula is C19H22FNO4S. The number of sulfonamides is 1. The average molecular weight is 379 g/mol. The highest BCUT2D eigenvalue weighted by atomic mass is 32.2. The van der Waals surface area contributed by atoms with Crippen molar-refractivity contribution in [2.45, 2.75) is 31.8 Å². The van der Waals surface area contributed by atoms with Gasteiger partial charge in [-0.1, -0.05) is 44.2 Å². The van der Waals surface area contributed by atoms with Crippen LogP contribution < -0.4 is 0 Å². The summed E-state index contributed by atoms with van der Waals surface area (Å²) in [6, 6.07) is 12.2. The van der Waals surface area contributed by atoms with Crippen LogP contribution in [0.15, 0.2) is 53.4 Å². The third-order valence-corrected chi connectivity index (χ3v) is 6.10. The minimum Gasteiger partial charge on any atom is -0.454 e. The molecule has 0 spiro atoms. The Labute approximate surface area is 153 Å². The Kier molecular flexibility index (Phi) is 6.50. The molecule has 2 aromatic carbocycles. The molecule has 0 fully saturated rings. The van der Waals surface area contributed by atoms with Crippen LogP contribution in [0.3, 0.4) is 0 Å². The molecule has 0 bridgehead atoms. The van der Waals surface area contributed by atoms with Gasteiger partial charge in [-0.15, -0.1) is 0 Å². The fourth-order valence-corrected chi connectivity index (χ4v) is 4.03. The average Bonchev–Trinajstić information content (AvgIpc) is 2.63. The number of nitrogens with zero attached hydrogens (tertiary/aromatic N) is 1. The van der Waals surface area contributed by atoms with Crippen LogP contribution in [-0.4, -0.2) is 31.8 Å². The van der Waals surface area contributed by atoms with E-state index in [2.05, 4.69) is 0 Å². The topological polar surface area (TPSA) is 63.7 Å². The first-order valence-electron chi connectivity index (χ1n) is 8.36. The van der Waals surface area contributed by atoms with Crippen molar-refractivity contribution >= 4 is 16.0 Å². The molecule has 1 atom stereocenters. The lowest BCUT2D eigenvalue weighted by Gasteiger charge is -2.19. The molecule has 0 heterocycles. The molecule has 2 rings (SSSR count). The van der Waals surface area contributed by atoms with E-state index in [9.17, 15) is 17.6 Å². The predicted octanol–water partition coefficient (Wildman–Crippen LogP) is 3.77.